The maximum absolute atomic E-state index is 4.65. The van der Waals surface area contributed by atoms with Crippen molar-refractivity contribution in [3.63, 3.8) is 0 Å². The van der Waals surface area contributed by atoms with Crippen LogP contribution in [0.3, 0.4) is 0 Å². The Kier molecular flexibility index (Phi) is 4.44. The van der Waals surface area contributed by atoms with E-state index < -0.39 is 0 Å². The highest BCUT2D eigenvalue weighted by molar-refractivity contribution is 7.11. The predicted octanol–water partition coefficient (Wildman–Crippen LogP) is 4.32. The number of aromatic nitrogens is 1. The summed E-state index contributed by atoms with van der Waals surface area (Å²) in [6.45, 7) is 9.94. The smallest absolute Gasteiger partial charge is 0.0959 e. The van der Waals surface area contributed by atoms with E-state index >= 15 is 0 Å². The molecule has 1 aliphatic rings. The number of nitrogens with zero attached hydrogens (tertiary/aromatic N) is 1. The molecule has 1 aliphatic carbocycles. The van der Waals surface area contributed by atoms with Crippen molar-refractivity contribution in [1.82, 2.24) is 10.3 Å². The van der Waals surface area contributed by atoms with Gasteiger partial charge in [-0.1, -0.05) is 19.8 Å². The number of thiazole rings is 1. The van der Waals surface area contributed by atoms with E-state index in [1.165, 1.54) is 35.6 Å². The van der Waals surface area contributed by atoms with Gasteiger partial charge in [0.1, 0.15) is 0 Å². The number of hydrogen-bond donors (Lipinski definition) is 1. The van der Waals surface area contributed by atoms with Crippen molar-refractivity contribution in [3.05, 3.63) is 16.1 Å². The summed E-state index contributed by atoms with van der Waals surface area (Å²) in [5, 5.41) is 4.90. The summed E-state index contributed by atoms with van der Waals surface area (Å²) in [6.07, 6.45) is 7.52. The highest BCUT2D eigenvalue weighted by Crippen LogP contribution is 2.37. The van der Waals surface area contributed by atoms with E-state index in [2.05, 4.69) is 44.2 Å². The van der Waals surface area contributed by atoms with Crippen molar-refractivity contribution in [2.45, 2.75) is 71.4 Å². The van der Waals surface area contributed by atoms with E-state index in [0.717, 1.165) is 18.4 Å². The maximum atomic E-state index is 4.65. The third kappa shape index (κ3) is 4.06. The Labute approximate surface area is 115 Å². The molecule has 0 radical (unpaired) electrons. The maximum Gasteiger partial charge on any atom is 0.0959 e. The molecule has 102 valence electrons. The standard InChI is InChI=1S/C15H26N2S/c1-11-6-5-7-12(8-11)14-16-9-13(18-14)10-17-15(2,3)4/h9,11-12,17H,5-8,10H2,1-4H3. The van der Waals surface area contributed by atoms with E-state index in [-0.39, 0.29) is 5.54 Å². The Morgan fingerprint density at radius 3 is 2.83 bits per heavy atom. The molecule has 0 aliphatic heterocycles. The number of nitrogens with one attached hydrogen (secondary N) is 1. The van der Waals surface area contributed by atoms with Gasteiger partial charge in [0.2, 0.25) is 0 Å². The molecule has 2 unspecified atom stereocenters. The largest absolute Gasteiger partial charge is 0.307 e. The average molecular weight is 266 g/mol. The third-order valence-corrected chi connectivity index (χ3v) is 4.81. The van der Waals surface area contributed by atoms with Crippen LogP contribution >= 0.6 is 11.3 Å². The molecule has 0 bridgehead atoms. The Bertz CT molecular complexity index is 378. The molecule has 0 aromatic carbocycles. The van der Waals surface area contributed by atoms with Crippen LogP contribution in [-0.2, 0) is 6.54 Å². The van der Waals surface area contributed by atoms with E-state index in [4.69, 9.17) is 0 Å². The van der Waals surface area contributed by atoms with Gasteiger partial charge in [0.15, 0.2) is 0 Å². The van der Waals surface area contributed by atoms with Crippen LogP contribution in [0.4, 0.5) is 0 Å². The van der Waals surface area contributed by atoms with Crippen LogP contribution in [0.15, 0.2) is 6.20 Å². The minimum atomic E-state index is 0.184. The molecule has 1 N–H and O–H groups in total. The van der Waals surface area contributed by atoms with Gasteiger partial charge in [-0.25, -0.2) is 4.98 Å². The minimum absolute atomic E-state index is 0.184. The van der Waals surface area contributed by atoms with Crippen molar-refractivity contribution < 1.29 is 0 Å². The van der Waals surface area contributed by atoms with Crippen molar-refractivity contribution >= 4 is 11.3 Å². The lowest BCUT2D eigenvalue weighted by Gasteiger charge is -2.24. The van der Waals surface area contributed by atoms with Gasteiger partial charge in [0.25, 0.3) is 0 Å². The molecule has 2 nitrogen and oxygen atoms in total. The first-order chi connectivity index (χ1) is 8.44. The Hall–Kier alpha value is -0.410. The van der Waals surface area contributed by atoms with Gasteiger partial charge >= 0.3 is 0 Å². The van der Waals surface area contributed by atoms with Crippen molar-refractivity contribution in [1.29, 1.82) is 0 Å². The van der Waals surface area contributed by atoms with Crippen molar-refractivity contribution in [2.75, 3.05) is 0 Å². The Morgan fingerprint density at radius 1 is 1.39 bits per heavy atom. The molecule has 0 spiro atoms. The first-order valence-corrected chi connectivity index (χ1v) is 7.95. The molecule has 2 rings (SSSR count). The third-order valence-electron chi connectivity index (χ3n) is 3.65. The van der Waals surface area contributed by atoms with Gasteiger partial charge in [0, 0.05) is 29.1 Å². The van der Waals surface area contributed by atoms with E-state index in [1.54, 1.807) is 0 Å². The molecule has 3 heteroatoms. The van der Waals surface area contributed by atoms with E-state index in [0.29, 0.717) is 0 Å². The lowest BCUT2D eigenvalue weighted by molar-refractivity contribution is 0.343. The summed E-state index contributed by atoms with van der Waals surface area (Å²) < 4.78 is 0. The zero-order valence-corrected chi connectivity index (χ0v) is 12.9. The molecule has 2 atom stereocenters. The second-order valence-corrected chi connectivity index (χ2v) is 7.88. The summed E-state index contributed by atoms with van der Waals surface area (Å²) >= 11 is 1.91. The van der Waals surface area contributed by atoms with Crippen LogP contribution in [0.5, 0.6) is 0 Å². The van der Waals surface area contributed by atoms with Crippen LogP contribution in [0.25, 0.3) is 0 Å². The topological polar surface area (TPSA) is 24.9 Å². The molecule has 1 saturated carbocycles. The Balaban J connectivity index is 1.93. The van der Waals surface area contributed by atoms with Gasteiger partial charge < -0.3 is 5.32 Å². The zero-order chi connectivity index (χ0) is 13.2. The monoisotopic (exact) mass is 266 g/mol. The van der Waals surface area contributed by atoms with Crippen LogP contribution in [0.1, 0.15) is 69.2 Å². The molecule has 1 aromatic heterocycles. The second kappa shape index (κ2) is 5.70. The molecule has 1 aromatic rings. The summed E-state index contributed by atoms with van der Waals surface area (Å²) in [6, 6.07) is 0. The predicted molar refractivity (Wildman–Crippen MR) is 79.1 cm³/mol. The van der Waals surface area contributed by atoms with Crippen LogP contribution in [0.2, 0.25) is 0 Å². The summed E-state index contributed by atoms with van der Waals surface area (Å²) in [4.78, 5) is 6.03. The minimum Gasteiger partial charge on any atom is -0.307 e. The van der Waals surface area contributed by atoms with Crippen molar-refractivity contribution in [3.8, 4) is 0 Å². The number of hydrogen-bond acceptors (Lipinski definition) is 3. The van der Waals surface area contributed by atoms with Crippen LogP contribution in [0, 0.1) is 5.92 Å². The van der Waals surface area contributed by atoms with Gasteiger partial charge in [-0.05, 0) is 39.5 Å². The first kappa shape index (κ1) is 14.0. The Morgan fingerprint density at radius 2 is 2.17 bits per heavy atom. The van der Waals surface area contributed by atoms with Crippen LogP contribution in [-0.4, -0.2) is 10.5 Å². The van der Waals surface area contributed by atoms with Crippen LogP contribution < -0.4 is 5.32 Å². The average Bonchev–Trinajstić information content (AvgIpc) is 2.74. The molecular weight excluding hydrogens is 240 g/mol. The van der Waals surface area contributed by atoms with E-state index in [9.17, 15) is 0 Å². The fourth-order valence-corrected chi connectivity index (χ4v) is 3.61. The molecular formula is C15H26N2S. The molecule has 18 heavy (non-hydrogen) atoms. The second-order valence-electron chi connectivity index (χ2n) is 6.74. The lowest BCUT2D eigenvalue weighted by Crippen LogP contribution is -2.34. The number of rotatable bonds is 3. The molecule has 1 fully saturated rings. The summed E-state index contributed by atoms with van der Waals surface area (Å²) in [5.74, 6) is 1.60. The normalized spacial score (nSPS) is 25.3. The molecule has 0 saturated heterocycles. The summed E-state index contributed by atoms with van der Waals surface area (Å²) in [5.41, 5.74) is 0.184. The van der Waals surface area contributed by atoms with Gasteiger partial charge in [0.05, 0.1) is 5.01 Å². The van der Waals surface area contributed by atoms with Gasteiger partial charge in [-0.15, -0.1) is 11.3 Å². The highest BCUT2D eigenvalue weighted by Gasteiger charge is 2.23. The lowest BCUT2D eigenvalue weighted by atomic mass is 9.83. The quantitative estimate of drug-likeness (QED) is 0.881. The first-order valence-electron chi connectivity index (χ1n) is 7.13. The van der Waals surface area contributed by atoms with Gasteiger partial charge in [-0.2, -0.15) is 0 Å². The summed E-state index contributed by atoms with van der Waals surface area (Å²) in [7, 11) is 0. The van der Waals surface area contributed by atoms with Gasteiger partial charge in [-0.3, -0.25) is 0 Å². The SMILES string of the molecule is CC1CCCC(c2ncc(CNC(C)(C)C)s2)C1. The van der Waals surface area contributed by atoms with E-state index in [1.807, 2.05) is 11.3 Å². The van der Waals surface area contributed by atoms with Crippen molar-refractivity contribution in [2.24, 2.45) is 5.92 Å². The zero-order valence-electron chi connectivity index (χ0n) is 12.1. The molecule has 0 amide bonds. The fraction of sp³-hybridized carbons (Fsp3) is 0.800. The molecule has 1 heterocycles. The highest BCUT2D eigenvalue weighted by atomic mass is 32.1. The fourth-order valence-electron chi connectivity index (χ4n) is 2.60.